The molecule has 1 aliphatic heterocycles. The fourth-order valence-electron chi connectivity index (χ4n) is 5.74. The van der Waals surface area contributed by atoms with Gasteiger partial charge in [0.05, 0.1) is 19.3 Å². The van der Waals surface area contributed by atoms with Crippen LogP contribution in [0.1, 0.15) is 55.2 Å². The van der Waals surface area contributed by atoms with E-state index in [2.05, 4.69) is 17.4 Å². The SMILES string of the molecule is CCOCCOC(=O)C1=C(C)NC2=C(C(=O)C[C@@H](c3ccccc3)C2)[C@@H]1c1ccc(OCc2ccccc2)c(OC)c1. The third kappa shape index (κ3) is 6.42. The van der Waals surface area contributed by atoms with E-state index in [0.717, 1.165) is 22.4 Å². The topological polar surface area (TPSA) is 83.1 Å². The molecular formula is C35H37NO6. The van der Waals surface area contributed by atoms with Gasteiger partial charge >= 0.3 is 5.97 Å². The molecule has 42 heavy (non-hydrogen) atoms. The minimum absolute atomic E-state index is 0.0121. The number of hydrogen-bond acceptors (Lipinski definition) is 7. The smallest absolute Gasteiger partial charge is 0.336 e. The maximum absolute atomic E-state index is 13.9. The zero-order valence-electron chi connectivity index (χ0n) is 24.4. The summed E-state index contributed by atoms with van der Waals surface area (Å²) in [5, 5.41) is 3.41. The molecule has 2 atom stereocenters. The van der Waals surface area contributed by atoms with Gasteiger partial charge in [-0.25, -0.2) is 4.79 Å². The van der Waals surface area contributed by atoms with E-state index in [-0.39, 0.29) is 18.3 Å². The van der Waals surface area contributed by atoms with Gasteiger partial charge in [0.25, 0.3) is 0 Å². The first-order valence-electron chi connectivity index (χ1n) is 14.4. The monoisotopic (exact) mass is 567 g/mol. The second-order valence-electron chi connectivity index (χ2n) is 10.4. The summed E-state index contributed by atoms with van der Waals surface area (Å²) in [6, 6.07) is 25.6. The van der Waals surface area contributed by atoms with Gasteiger partial charge in [-0.3, -0.25) is 4.79 Å². The van der Waals surface area contributed by atoms with Crippen LogP contribution in [0.2, 0.25) is 0 Å². The van der Waals surface area contributed by atoms with Gasteiger partial charge in [-0.15, -0.1) is 0 Å². The quantitative estimate of drug-likeness (QED) is 0.218. The Labute approximate surface area is 247 Å². The van der Waals surface area contributed by atoms with Crippen molar-refractivity contribution >= 4 is 11.8 Å². The standard InChI is InChI=1S/C35H37NO6/c1-4-40-17-18-41-35(38)32-23(2)36-28-19-27(25-13-9-6-10-14-25)20-29(37)34(28)33(32)26-15-16-30(31(21-26)39-3)42-22-24-11-7-5-8-12-24/h5-16,21,27,33,36H,4,17-20,22H2,1-3H3/t27-,33+/m0/s1. The molecule has 3 aromatic carbocycles. The molecule has 0 aromatic heterocycles. The second-order valence-corrected chi connectivity index (χ2v) is 10.4. The molecule has 0 bridgehead atoms. The molecule has 0 spiro atoms. The molecule has 0 unspecified atom stereocenters. The molecular weight excluding hydrogens is 530 g/mol. The highest BCUT2D eigenvalue weighted by atomic mass is 16.6. The van der Waals surface area contributed by atoms with E-state index in [1.54, 1.807) is 7.11 Å². The molecule has 1 heterocycles. The van der Waals surface area contributed by atoms with E-state index in [9.17, 15) is 9.59 Å². The number of rotatable bonds is 11. The first-order valence-corrected chi connectivity index (χ1v) is 14.4. The van der Waals surface area contributed by atoms with E-state index in [1.807, 2.05) is 80.6 Å². The van der Waals surface area contributed by atoms with Gasteiger partial charge in [-0.1, -0.05) is 66.7 Å². The Hall–Kier alpha value is -4.36. The van der Waals surface area contributed by atoms with E-state index >= 15 is 0 Å². The van der Waals surface area contributed by atoms with Crippen molar-refractivity contribution < 1.29 is 28.5 Å². The minimum atomic E-state index is -0.609. The first kappa shape index (κ1) is 29.1. The van der Waals surface area contributed by atoms with Crippen LogP contribution in [0.5, 0.6) is 11.5 Å². The van der Waals surface area contributed by atoms with Crippen molar-refractivity contribution in [1.29, 1.82) is 0 Å². The highest BCUT2D eigenvalue weighted by Gasteiger charge is 2.41. The first-order chi connectivity index (χ1) is 20.5. The van der Waals surface area contributed by atoms with Crippen molar-refractivity contribution in [3.63, 3.8) is 0 Å². The van der Waals surface area contributed by atoms with E-state index < -0.39 is 11.9 Å². The number of ketones is 1. The van der Waals surface area contributed by atoms with Crippen molar-refractivity contribution in [2.45, 2.75) is 45.1 Å². The van der Waals surface area contributed by atoms with Crippen LogP contribution >= 0.6 is 0 Å². The lowest BCUT2D eigenvalue weighted by Crippen LogP contribution is -2.36. The molecule has 7 nitrogen and oxygen atoms in total. The summed E-state index contributed by atoms with van der Waals surface area (Å²) >= 11 is 0. The molecule has 218 valence electrons. The van der Waals surface area contributed by atoms with Crippen molar-refractivity contribution in [3.05, 3.63) is 118 Å². The van der Waals surface area contributed by atoms with E-state index in [0.29, 0.717) is 61.0 Å². The fraction of sp³-hybridized carbons (Fsp3) is 0.314. The predicted molar refractivity (Wildman–Crippen MR) is 160 cm³/mol. The van der Waals surface area contributed by atoms with Crippen molar-refractivity contribution in [2.24, 2.45) is 0 Å². The average Bonchev–Trinajstić information content (AvgIpc) is 3.02. The number of allylic oxidation sites excluding steroid dienone is 3. The van der Waals surface area contributed by atoms with Crippen LogP contribution < -0.4 is 14.8 Å². The number of carbonyl (C=O) groups excluding carboxylic acids is 2. The Morgan fingerprint density at radius 1 is 0.905 bits per heavy atom. The van der Waals surface area contributed by atoms with Gasteiger partial charge in [-0.05, 0) is 55.0 Å². The lowest BCUT2D eigenvalue weighted by Gasteiger charge is -2.36. The number of hydrogen-bond donors (Lipinski definition) is 1. The maximum Gasteiger partial charge on any atom is 0.336 e. The zero-order chi connectivity index (χ0) is 29.5. The lowest BCUT2D eigenvalue weighted by molar-refractivity contribution is -0.140. The van der Waals surface area contributed by atoms with Crippen LogP contribution in [0.3, 0.4) is 0 Å². The maximum atomic E-state index is 13.9. The summed E-state index contributed by atoms with van der Waals surface area (Å²) in [4.78, 5) is 27.4. The van der Waals surface area contributed by atoms with Crippen LogP contribution in [0, 0.1) is 0 Å². The summed E-state index contributed by atoms with van der Waals surface area (Å²) in [6.07, 6.45) is 1.03. The molecule has 0 saturated heterocycles. The Bertz CT molecular complexity index is 1480. The fourth-order valence-corrected chi connectivity index (χ4v) is 5.74. The molecule has 3 aromatic rings. The largest absolute Gasteiger partial charge is 0.493 e. The second kappa shape index (κ2) is 13.5. The van der Waals surface area contributed by atoms with Crippen LogP contribution in [0.4, 0.5) is 0 Å². The summed E-state index contributed by atoms with van der Waals surface area (Å²) in [6.45, 7) is 5.11. The summed E-state index contributed by atoms with van der Waals surface area (Å²) in [7, 11) is 1.59. The van der Waals surface area contributed by atoms with Gasteiger partial charge in [0.2, 0.25) is 0 Å². The number of ether oxygens (including phenoxy) is 4. The zero-order valence-corrected chi connectivity index (χ0v) is 24.4. The van der Waals surface area contributed by atoms with E-state index in [4.69, 9.17) is 18.9 Å². The number of benzene rings is 3. The Balaban J connectivity index is 1.50. The molecule has 2 aliphatic rings. The number of methoxy groups -OCH3 is 1. The number of Topliss-reactive ketones (excluding diaryl/α,β-unsaturated/α-hetero) is 1. The molecule has 1 aliphatic carbocycles. The Morgan fingerprint density at radius 3 is 2.36 bits per heavy atom. The highest BCUT2D eigenvalue weighted by molar-refractivity contribution is 6.04. The van der Waals surface area contributed by atoms with Gasteiger partial charge in [0.15, 0.2) is 17.3 Å². The van der Waals surface area contributed by atoms with E-state index in [1.165, 1.54) is 0 Å². The number of nitrogens with one attached hydrogen (secondary N) is 1. The number of esters is 1. The third-order valence-electron chi connectivity index (χ3n) is 7.74. The van der Waals surface area contributed by atoms with Crippen molar-refractivity contribution in [3.8, 4) is 11.5 Å². The van der Waals surface area contributed by atoms with Gasteiger partial charge in [0.1, 0.15) is 13.2 Å². The summed E-state index contributed by atoms with van der Waals surface area (Å²) in [5.41, 5.74) is 5.45. The highest BCUT2D eigenvalue weighted by Crippen LogP contribution is 2.47. The number of dihydropyridines is 1. The normalized spacial score (nSPS) is 18.3. The average molecular weight is 568 g/mol. The molecule has 0 saturated carbocycles. The summed E-state index contributed by atoms with van der Waals surface area (Å²) in [5.74, 6) is 0.0874. The minimum Gasteiger partial charge on any atom is -0.493 e. The van der Waals surface area contributed by atoms with Crippen molar-refractivity contribution in [1.82, 2.24) is 5.32 Å². The van der Waals surface area contributed by atoms with Crippen LogP contribution in [-0.4, -0.2) is 38.7 Å². The van der Waals surface area contributed by atoms with Crippen LogP contribution in [0.15, 0.2) is 101 Å². The summed E-state index contributed by atoms with van der Waals surface area (Å²) < 4.78 is 22.8. The molecule has 0 fully saturated rings. The molecule has 7 heteroatoms. The molecule has 5 rings (SSSR count). The van der Waals surface area contributed by atoms with Crippen LogP contribution in [-0.2, 0) is 25.7 Å². The van der Waals surface area contributed by atoms with Gasteiger partial charge < -0.3 is 24.3 Å². The Kier molecular flexibility index (Phi) is 9.39. The van der Waals surface area contributed by atoms with Crippen LogP contribution in [0.25, 0.3) is 0 Å². The third-order valence-corrected chi connectivity index (χ3v) is 7.74. The lowest BCUT2D eigenvalue weighted by atomic mass is 9.71. The van der Waals surface area contributed by atoms with Gasteiger partial charge in [-0.2, -0.15) is 0 Å². The molecule has 0 radical (unpaired) electrons. The van der Waals surface area contributed by atoms with Gasteiger partial charge in [0, 0.05) is 35.9 Å². The predicted octanol–water partition coefficient (Wildman–Crippen LogP) is 6.22. The Morgan fingerprint density at radius 2 is 1.64 bits per heavy atom. The molecule has 1 N–H and O–H groups in total. The number of carbonyl (C=O) groups is 2. The van der Waals surface area contributed by atoms with Crippen molar-refractivity contribution in [2.75, 3.05) is 26.9 Å². The molecule has 0 amide bonds.